The Morgan fingerprint density at radius 3 is 2.67 bits per heavy atom. The van der Waals surface area contributed by atoms with E-state index in [2.05, 4.69) is 15.0 Å². The summed E-state index contributed by atoms with van der Waals surface area (Å²) in [5.74, 6) is -0.0424. The van der Waals surface area contributed by atoms with Crippen LogP contribution in [0.15, 0.2) is 81.7 Å². The van der Waals surface area contributed by atoms with Crippen LogP contribution in [-0.2, 0) is 12.3 Å². The highest BCUT2D eigenvalue weighted by molar-refractivity contribution is 7.98. The molecule has 7 nitrogen and oxygen atoms in total. The van der Waals surface area contributed by atoms with Gasteiger partial charge in [0.05, 0.1) is 22.6 Å². The second-order valence-corrected chi connectivity index (χ2v) is 8.62. The van der Waals surface area contributed by atoms with Crippen LogP contribution in [0.5, 0.6) is 0 Å². The summed E-state index contributed by atoms with van der Waals surface area (Å²) in [6.07, 6.45) is 3.09. The molecule has 0 unspecified atom stereocenters. The van der Waals surface area contributed by atoms with Crippen LogP contribution in [0.1, 0.15) is 11.3 Å². The lowest BCUT2D eigenvalue weighted by Crippen LogP contribution is -2.24. The van der Waals surface area contributed by atoms with Crippen LogP contribution in [0.2, 0.25) is 5.02 Å². The Hall–Kier alpha value is -3.56. The number of fused-ring (bicyclic) bond motifs is 2. The predicted molar refractivity (Wildman–Crippen MR) is 125 cm³/mol. The summed E-state index contributed by atoms with van der Waals surface area (Å²) in [6, 6.07) is 14.1. The molecule has 0 aliphatic rings. The van der Waals surface area contributed by atoms with Crippen LogP contribution in [0.4, 0.5) is 4.39 Å². The molecule has 33 heavy (non-hydrogen) atoms. The van der Waals surface area contributed by atoms with E-state index in [0.29, 0.717) is 38.3 Å². The first kappa shape index (κ1) is 21.3. The molecule has 0 atom stereocenters. The fourth-order valence-electron chi connectivity index (χ4n) is 3.40. The zero-order valence-corrected chi connectivity index (χ0v) is 18.6. The Kier molecular flexibility index (Phi) is 5.65. The van der Waals surface area contributed by atoms with Gasteiger partial charge in [0.15, 0.2) is 10.8 Å². The van der Waals surface area contributed by atoms with E-state index in [-0.39, 0.29) is 23.5 Å². The number of hydrogen-bond donors (Lipinski definition) is 0. The Bertz CT molecular complexity index is 1620. The van der Waals surface area contributed by atoms with Crippen molar-refractivity contribution in [3.8, 4) is 0 Å². The van der Waals surface area contributed by atoms with Gasteiger partial charge in [0.1, 0.15) is 11.5 Å². The average Bonchev–Trinajstić information content (AvgIpc) is 2.81. The first-order valence-corrected chi connectivity index (χ1v) is 11.2. The minimum absolute atomic E-state index is 0.214. The maximum absolute atomic E-state index is 13.3. The van der Waals surface area contributed by atoms with Crippen LogP contribution < -0.4 is 11.1 Å². The van der Waals surface area contributed by atoms with Gasteiger partial charge in [-0.2, -0.15) is 0 Å². The number of aromatic nitrogens is 5. The SMILES string of the molecule is O=c1c2cccnc2nc(SCc2cc(=O)n3cc(Cl)ccc3n2)n1Cc1ccc(F)cc1. The van der Waals surface area contributed by atoms with Crippen LogP contribution in [-0.4, -0.2) is 23.9 Å². The highest BCUT2D eigenvalue weighted by Crippen LogP contribution is 2.22. The van der Waals surface area contributed by atoms with E-state index < -0.39 is 0 Å². The molecule has 4 heterocycles. The zero-order valence-electron chi connectivity index (χ0n) is 17.0. The molecular weight excluding hydrogens is 465 g/mol. The number of thioether (sulfide) groups is 1. The predicted octanol–water partition coefficient (Wildman–Crippen LogP) is 3.93. The standard InChI is InChI=1S/C23H15ClFN5O2S/c24-15-5-8-19-27-17(10-20(31)29(19)12-15)13-33-23-28-21-18(2-1-9-26-21)22(32)30(23)11-14-3-6-16(25)7-4-14/h1-10,12H,11,13H2. The van der Waals surface area contributed by atoms with Crippen LogP contribution >= 0.6 is 23.4 Å². The van der Waals surface area contributed by atoms with Gasteiger partial charge >= 0.3 is 0 Å². The number of halogens is 2. The van der Waals surface area contributed by atoms with E-state index >= 15 is 0 Å². The molecule has 0 saturated heterocycles. The Labute approximate surface area is 195 Å². The van der Waals surface area contributed by atoms with Crippen molar-refractivity contribution < 1.29 is 4.39 Å². The molecule has 1 aromatic carbocycles. The van der Waals surface area contributed by atoms with Gasteiger partial charge in [-0.25, -0.2) is 19.3 Å². The molecule has 10 heteroatoms. The van der Waals surface area contributed by atoms with Crippen molar-refractivity contribution in [1.29, 1.82) is 0 Å². The highest BCUT2D eigenvalue weighted by atomic mass is 35.5. The van der Waals surface area contributed by atoms with E-state index in [0.717, 1.165) is 5.56 Å². The normalized spacial score (nSPS) is 11.3. The molecule has 0 amide bonds. The molecule has 0 bridgehead atoms. The van der Waals surface area contributed by atoms with Gasteiger partial charge in [0, 0.05) is 24.2 Å². The summed E-state index contributed by atoms with van der Waals surface area (Å²) in [4.78, 5) is 39.0. The van der Waals surface area contributed by atoms with Crippen LogP contribution in [0.3, 0.4) is 0 Å². The molecule has 0 fully saturated rings. The summed E-state index contributed by atoms with van der Waals surface area (Å²) < 4.78 is 16.2. The van der Waals surface area contributed by atoms with Crippen molar-refractivity contribution in [3.05, 3.63) is 110 Å². The summed E-state index contributed by atoms with van der Waals surface area (Å²) in [6.45, 7) is 0.214. The first-order chi connectivity index (χ1) is 16.0. The topological polar surface area (TPSA) is 82.2 Å². The third kappa shape index (κ3) is 4.37. The summed E-state index contributed by atoms with van der Waals surface area (Å²) in [5.41, 5.74) is 1.59. The van der Waals surface area contributed by atoms with Crippen molar-refractivity contribution in [2.24, 2.45) is 0 Å². The van der Waals surface area contributed by atoms with Crippen molar-refractivity contribution in [2.45, 2.75) is 17.5 Å². The lowest BCUT2D eigenvalue weighted by molar-refractivity contribution is 0.622. The largest absolute Gasteiger partial charge is 0.282 e. The molecule has 0 saturated carbocycles. The fourth-order valence-corrected chi connectivity index (χ4v) is 4.44. The molecule has 164 valence electrons. The summed E-state index contributed by atoms with van der Waals surface area (Å²) >= 11 is 7.24. The van der Waals surface area contributed by atoms with E-state index in [1.807, 2.05) is 0 Å². The molecule has 0 spiro atoms. The van der Waals surface area contributed by atoms with Crippen LogP contribution in [0, 0.1) is 5.82 Å². The Morgan fingerprint density at radius 2 is 1.85 bits per heavy atom. The minimum Gasteiger partial charge on any atom is -0.282 e. The van der Waals surface area contributed by atoms with Gasteiger partial charge in [0.25, 0.3) is 11.1 Å². The number of nitrogens with zero attached hydrogens (tertiary/aromatic N) is 5. The quantitative estimate of drug-likeness (QED) is 0.280. The number of pyridine rings is 2. The maximum Gasteiger partial charge on any atom is 0.263 e. The van der Waals surface area contributed by atoms with Gasteiger partial charge in [-0.15, -0.1) is 0 Å². The fraction of sp³-hybridized carbons (Fsp3) is 0.0870. The smallest absolute Gasteiger partial charge is 0.263 e. The number of benzene rings is 1. The number of rotatable bonds is 5. The highest BCUT2D eigenvalue weighted by Gasteiger charge is 2.14. The monoisotopic (exact) mass is 479 g/mol. The van der Waals surface area contributed by atoms with Gasteiger partial charge in [-0.1, -0.05) is 35.5 Å². The van der Waals surface area contributed by atoms with Crippen molar-refractivity contribution in [3.63, 3.8) is 0 Å². The molecule has 0 aliphatic heterocycles. The lowest BCUT2D eigenvalue weighted by Gasteiger charge is -2.13. The lowest BCUT2D eigenvalue weighted by atomic mass is 10.2. The van der Waals surface area contributed by atoms with Gasteiger partial charge < -0.3 is 0 Å². The second kappa shape index (κ2) is 8.76. The molecule has 0 aliphatic carbocycles. The molecule has 0 radical (unpaired) electrons. The molecule has 5 aromatic rings. The summed E-state index contributed by atoms with van der Waals surface area (Å²) in [7, 11) is 0. The van der Waals surface area contributed by atoms with Crippen molar-refractivity contribution in [2.75, 3.05) is 0 Å². The third-order valence-electron chi connectivity index (χ3n) is 4.97. The zero-order chi connectivity index (χ0) is 22.9. The Morgan fingerprint density at radius 1 is 1.03 bits per heavy atom. The van der Waals surface area contributed by atoms with Crippen molar-refractivity contribution in [1.82, 2.24) is 23.9 Å². The first-order valence-electron chi connectivity index (χ1n) is 9.88. The minimum atomic E-state index is -0.350. The number of hydrogen-bond acceptors (Lipinski definition) is 6. The average molecular weight is 480 g/mol. The van der Waals surface area contributed by atoms with Gasteiger partial charge in [0.2, 0.25) is 0 Å². The molecule has 5 rings (SSSR count). The third-order valence-corrected chi connectivity index (χ3v) is 6.21. The summed E-state index contributed by atoms with van der Waals surface area (Å²) in [5, 5.41) is 1.25. The maximum atomic E-state index is 13.3. The van der Waals surface area contributed by atoms with E-state index in [1.54, 1.807) is 42.6 Å². The van der Waals surface area contributed by atoms with E-state index in [4.69, 9.17) is 11.6 Å². The second-order valence-electron chi connectivity index (χ2n) is 7.24. The van der Waals surface area contributed by atoms with Crippen LogP contribution in [0.25, 0.3) is 16.7 Å². The molecular formula is C23H15ClFN5O2S. The van der Waals surface area contributed by atoms with Crippen molar-refractivity contribution >= 4 is 40.0 Å². The molecule has 4 aromatic heterocycles. The van der Waals surface area contributed by atoms with E-state index in [9.17, 15) is 14.0 Å². The Balaban J connectivity index is 1.53. The van der Waals surface area contributed by atoms with Gasteiger partial charge in [-0.3, -0.25) is 18.6 Å². The molecule has 0 N–H and O–H groups in total. The van der Waals surface area contributed by atoms with E-state index in [1.165, 1.54) is 45.1 Å². The van der Waals surface area contributed by atoms with Gasteiger partial charge in [-0.05, 0) is 42.0 Å².